The van der Waals surface area contributed by atoms with Crippen LogP contribution >= 0.6 is 0 Å². The number of hydrogen-bond acceptors (Lipinski definition) is 2. The molecule has 0 aliphatic carbocycles. The lowest BCUT2D eigenvalue weighted by Crippen LogP contribution is -2.09. The van der Waals surface area contributed by atoms with Crippen LogP contribution in [0, 0.1) is 18.6 Å². The summed E-state index contributed by atoms with van der Waals surface area (Å²) in [7, 11) is 0. The van der Waals surface area contributed by atoms with Gasteiger partial charge in [0.15, 0.2) is 11.6 Å². The Morgan fingerprint density at radius 1 is 1.20 bits per heavy atom. The van der Waals surface area contributed by atoms with Gasteiger partial charge >= 0.3 is 0 Å². The number of nitrogens with two attached hydrogens (primary N) is 1. The number of hydrogen-bond donors (Lipinski definition) is 1. The van der Waals surface area contributed by atoms with Crippen LogP contribution in [0.3, 0.4) is 0 Å². The van der Waals surface area contributed by atoms with Gasteiger partial charge in [0, 0.05) is 17.2 Å². The molecular formula is C16H17F2NO. The Morgan fingerprint density at radius 3 is 2.65 bits per heavy atom. The Morgan fingerprint density at radius 2 is 1.95 bits per heavy atom. The van der Waals surface area contributed by atoms with Crippen LogP contribution in [0.4, 0.5) is 8.78 Å². The summed E-state index contributed by atoms with van der Waals surface area (Å²) in [5, 5.41) is 0. The highest BCUT2D eigenvalue weighted by Crippen LogP contribution is 2.26. The molecule has 2 N–H and O–H groups in total. The van der Waals surface area contributed by atoms with Crippen molar-refractivity contribution >= 4 is 0 Å². The fourth-order valence-electron chi connectivity index (χ4n) is 1.96. The Labute approximate surface area is 117 Å². The van der Waals surface area contributed by atoms with Crippen molar-refractivity contribution in [3.05, 3.63) is 64.7 Å². The van der Waals surface area contributed by atoms with E-state index in [4.69, 9.17) is 10.5 Å². The fraction of sp³-hybridized carbons (Fsp3) is 0.250. The van der Waals surface area contributed by atoms with E-state index in [-0.39, 0.29) is 18.2 Å². The third kappa shape index (κ3) is 3.14. The molecule has 0 heterocycles. The van der Waals surface area contributed by atoms with E-state index in [2.05, 4.69) is 0 Å². The molecule has 0 saturated carbocycles. The maximum atomic E-state index is 13.6. The number of aryl methyl sites for hydroxylation is 1. The van der Waals surface area contributed by atoms with Gasteiger partial charge in [0.25, 0.3) is 0 Å². The topological polar surface area (TPSA) is 35.2 Å². The lowest BCUT2D eigenvalue weighted by molar-refractivity contribution is 0.292. The van der Waals surface area contributed by atoms with Crippen molar-refractivity contribution in [1.29, 1.82) is 0 Å². The molecule has 2 nitrogen and oxygen atoms in total. The second-order valence-electron chi connectivity index (χ2n) is 4.83. The highest BCUT2D eigenvalue weighted by molar-refractivity contribution is 5.39. The van der Waals surface area contributed by atoms with E-state index in [1.54, 1.807) is 0 Å². The van der Waals surface area contributed by atoms with Crippen LogP contribution in [0.5, 0.6) is 5.75 Å². The summed E-state index contributed by atoms with van der Waals surface area (Å²) in [6.45, 7) is 3.74. The van der Waals surface area contributed by atoms with Gasteiger partial charge in [0.05, 0.1) is 0 Å². The van der Waals surface area contributed by atoms with E-state index in [1.807, 2.05) is 32.0 Å². The molecule has 0 bridgehead atoms. The van der Waals surface area contributed by atoms with E-state index >= 15 is 0 Å². The molecule has 2 rings (SSSR count). The molecule has 0 fully saturated rings. The van der Waals surface area contributed by atoms with Crippen LogP contribution < -0.4 is 10.5 Å². The van der Waals surface area contributed by atoms with Gasteiger partial charge < -0.3 is 10.5 Å². The smallest absolute Gasteiger partial charge is 0.165 e. The SMILES string of the molecule is Cc1ccc(C(C)N)c(OCc2cccc(F)c2F)c1. The van der Waals surface area contributed by atoms with Crippen LogP contribution in [0.15, 0.2) is 36.4 Å². The first-order valence-corrected chi connectivity index (χ1v) is 6.41. The minimum Gasteiger partial charge on any atom is -0.488 e. The van der Waals surface area contributed by atoms with Gasteiger partial charge in [0.2, 0.25) is 0 Å². The summed E-state index contributed by atoms with van der Waals surface area (Å²) in [6, 6.07) is 9.52. The molecule has 0 spiro atoms. The molecule has 2 aromatic carbocycles. The predicted octanol–water partition coefficient (Wildman–Crippen LogP) is 3.87. The first-order valence-electron chi connectivity index (χ1n) is 6.41. The van der Waals surface area contributed by atoms with E-state index < -0.39 is 11.6 Å². The maximum Gasteiger partial charge on any atom is 0.165 e. The van der Waals surface area contributed by atoms with Gasteiger partial charge in [0.1, 0.15) is 12.4 Å². The predicted molar refractivity (Wildman–Crippen MR) is 74.5 cm³/mol. The van der Waals surface area contributed by atoms with Gasteiger partial charge in [-0.25, -0.2) is 8.78 Å². The van der Waals surface area contributed by atoms with Gasteiger partial charge in [-0.3, -0.25) is 0 Å². The average molecular weight is 277 g/mol. The minimum absolute atomic E-state index is 0.0350. The van der Waals surface area contributed by atoms with Crippen molar-refractivity contribution in [2.45, 2.75) is 26.5 Å². The summed E-state index contributed by atoms with van der Waals surface area (Å²) in [6.07, 6.45) is 0. The zero-order valence-corrected chi connectivity index (χ0v) is 11.5. The quantitative estimate of drug-likeness (QED) is 0.920. The summed E-state index contributed by atoms with van der Waals surface area (Å²) in [5.74, 6) is -1.14. The Hall–Kier alpha value is -1.94. The van der Waals surface area contributed by atoms with Crippen molar-refractivity contribution in [3.63, 3.8) is 0 Å². The molecule has 1 atom stereocenters. The summed E-state index contributed by atoms with van der Waals surface area (Å²) < 4.78 is 32.3. The Bertz CT molecular complexity index is 611. The van der Waals surface area contributed by atoms with E-state index in [1.165, 1.54) is 12.1 Å². The average Bonchev–Trinajstić information content (AvgIpc) is 2.40. The zero-order chi connectivity index (χ0) is 14.7. The lowest BCUT2D eigenvalue weighted by atomic mass is 10.1. The van der Waals surface area contributed by atoms with Crippen LogP contribution in [-0.4, -0.2) is 0 Å². The maximum absolute atomic E-state index is 13.6. The van der Waals surface area contributed by atoms with E-state index in [9.17, 15) is 8.78 Å². The summed E-state index contributed by atoms with van der Waals surface area (Å²) >= 11 is 0. The molecule has 0 radical (unpaired) electrons. The van der Waals surface area contributed by atoms with Gasteiger partial charge in [-0.05, 0) is 31.5 Å². The van der Waals surface area contributed by atoms with Crippen LogP contribution in [-0.2, 0) is 6.61 Å². The van der Waals surface area contributed by atoms with Crippen LogP contribution in [0.2, 0.25) is 0 Å². The molecule has 106 valence electrons. The number of ether oxygens (including phenoxy) is 1. The molecule has 20 heavy (non-hydrogen) atoms. The highest BCUT2D eigenvalue weighted by atomic mass is 19.2. The third-order valence-electron chi connectivity index (χ3n) is 3.07. The van der Waals surface area contributed by atoms with Crippen molar-refractivity contribution in [2.75, 3.05) is 0 Å². The molecule has 1 unspecified atom stereocenters. The minimum atomic E-state index is -0.873. The van der Waals surface area contributed by atoms with Crippen molar-refractivity contribution in [3.8, 4) is 5.75 Å². The normalized spacial score (nSPS) is 12.2. The molecule has 0 amide bonds. The van der Waals surface area contributed by atoms with Crippen molar-refractivity contribution in [1.82, 2.24) is 0 Å². The molecule has 0 aliphatic rings. The summed E-state index contributed by atoms with van der Waals surface area (Å²) in [5.41, 5.74) is 7.91. The largest absolute Gasteiger partial charge is 0.488 e. The summed E-state index contributed by atoms with van der Waals surface area (Å²) in [4.78, 5) is 0. The molecule has 0 aliphatic heterocycles. The third-order valence-corrected chi connectivity index (χ3v) is 3.07. The number of rotatable bonds is 4. The van der Waals surface area contributed by atoms with Crippen LogP contribution in [0.1, 0.15) is 29.7 Å². The van der Waals surface area contributed by atoms with Gasteiger partial charge in [-0.2, -0.15) is 0 Å². The highest BCUT2D eigenvalue weighted by Gasteiger charge is 2.11. The molecule has 0 saturated heterocycles. The van der Waals surface area contributed by atoms with Crippen molar-refractivity contribution < 1.29 is 13.5 Å². The molecular weight excluding hydrogens is 260 g/mol. The second kappa shape index (κ2) is 6.01. The molecule has 4 heteroatoms. The van der Waals surface area contributed by atoms with Gasteiger partial charge in [-0.15, -0.1) is 0 Å². The van der Waals surface area contributed by atoms with Gasteiger partial charge in [-0.1, -0.05) is 24.3 Å². The zero-order valence-electron chi connectivity index (χ0n) is 11.5. The van der Waals surface area contributed by atoms with Crippen LogP contribution in [0.25, 0.3) is 0 Å². The number of halogens is 2. The standard InChI is InChI=1S/C16H17F2NO/c1-10-6-7-13(11(2)19)15(8-10)20-9-12-4-3-5-14(17)16(12)18/h3-8,11H,9,19H2,1-2H3. The molecule has 2 aromatic rings. The first kappa shape index (κ1) is 14.5. The van der Waals surface area contributed by atoms with E-state index in [0.717, 1.165) is 17.2 Å². The second-order valence-corrected chi connectivity index (χ2v) is 4.83. The monoisotopic (exact) mass is 277 g/mol. The fourth-order valence-corrected chi connectivity index (χ4v) is 1.96. The Kier molecular flexibility index (Phi) is 4.35. The van der Waals surface area contributed by atoms with Crippen molar-refractivity contribution in [2.24, 2.45) is 5.73 Å². The molecule has 0 aromatic heterocycles. The first-order chi connectivity index (χ1) is 9.49. The Balaban J connectivity index is 2.22. The van der Waals surface area contributed by atoms with E-state index in [0.29, 0.717) is 5.75 Å². The number of benzene rings is 2. The lowest BCUT2D eigenvalue weighted by Gasteiger charge is -2.15.